The van der Waals surface area contributed by atoms with Crippen LogP contribution in [-0.4, -0.2) is 9.13 Å². The van der Waals surface area contributed by atoms with Crippen LogP contribution in [0, 0.1) is 0 Å². The molecule has 0 atom stereocenters. The third-order valence-electron chi connectivity index (χ3n) is 13.0. The van der Waals surface area contributed by atoms with E-state index in [9.17, 15) is 0 Å². The van der Waals surface area contributed by atoms with Gasteiger partial charge in [-0.3, -0.25) is 0 Å². The Morgan fingerprint density at radius 2 is 0.484 bits per heavy atom. The lowest BCUT2D eigenvalue weighted by atomic mass is 10.0. The molecule has 0 saturated heterocycles. The summed E-state index contributed by atoms with van der Waals surface area (Å²) in [5.41, 5.74) is 9.49. The zero-order valence-electron chi connectivity index (χ0n) is 33.8. The van der Waals surface area contributed by atoms with E-state index in [4.69, 9.17) is 0 Å². The van der Waals surface area contributed by atoms with Crippen molar-refractivity contribution < 1.29 is 0 Å². The second-order valence-corrected chi connectivity index (χ2v) is 16.6. The summed E-state index contributed by atoms with van der Waals surface area (Å²) in [5.74, 6) is 0. The van der Waals surface area contributed by atoms with Crippen molar-refractivity contribution in [2.75, 3.05) is 0 Å². The van der Waals surface area contributed by atoms with E-state index in [2.05, 4.69) is 240 Å². The lowest BCUT2D eigenvalue weighted by Crippen LogP contribution is -1.93. The fourth-order valence-electron chi connectivity index (χ4n) is 9.97. The number of hydrogen-bond acceptors (Lipinski definition) is 0. The summed E-state index contributed by atoms with van der Waals surface area (Å²) in [5, 5.41) is 16.9. The Morgan fingerprint density at radius 1 is 0.194 bits per heavy atom. The Kier molecular flexibility index (Phi) is 7.64. The van der Waals surface area contributed by atoms with E-state index in [0.29, 0.717) is 0 Å². The van der Waals surface area contributed by atoms with E-state index in [1.165, 1.54) is 109 Å². The molecule has 13 aromatic rings. The van der Waals surface area contributed by atoms with Crippen molar-refractivity contribution in [2.45, 2.75) is 0 Å². The Morgan fingerprint density at radius 3 is 0.839 bits per heavy atom. The predicted octanol–water partition coefficient (Wildman–Crippen LogP) is 16.4. The second kappa shape index (κ2) is 13.7. The summed E-state index contributed by atoms with van der Waals surface area (Å²) in [6, 6.07) is 85.4. The fraction of sp³-hybridized carbons (Fsp3) is 0. The minimum atomic E-state index is 1.14. The molecule has 13 rings (SSSR count). The van der Waals surface area contributed by atoms with Crippen LogP contribution in [0.5, 0.6) is 0 Å². The molecule has 0 saturated carbocycles. The van der Waals surface area contributed by atoms with Gasteiger partial charge in [-0.1, -0.05) is 140 Å². The Labute approximate surface area is 358 Å². The van der Waals surface area contributed by atoms with Crippen LogP contribution in [0.3, 0.4) is 0 Å². The van der Waals surface area contributed by atoms with Crippen LogP contribution in [0.2, 0.25) is 0 Å². The largest absolute Gasteiger partial charge is 0.309 e. The number of nitrogens with zero attached hydrogens (tertiary/aromatic N) is 2. The van der Waals surface area contributed by atoms with E-state index in [1.807, 2.05) is 0 Å². The first-order chi connectivity index (χ1) is 30.7. The molecule has 2 nitrogen and oxygen atoms in total. The molecule has 0 aliphatic carbocycles. The third-order valence-corrected chi connectivity index (χ3v) is 13.0. The highest BCUT2D eigenvalue weighted by Gasteiger charge is 2.16. The molecule has 0 radical (unpaired) electrons. The predicted molar refractivity (Wildman–Crippen MR) is 266 cm³/mol. The van der Waals surface area contributed by atoms with Crippen molar-refractivity contribution in [3.05, 3.63) is 231 Å². The average molecular weight is 787 g/mol. The van der Waals surface area contributed by atoms with Crippen molar-refractivity contribution in [1.82, 2.24) is 9.13 Å². The number of para-hydroxylation sites is 1. The van der Waals surface area contributed by atoms with Crippen molar-refractivity contribution in [3.63, 3.8) is 0 Å². The third kappa shape index (κ3) is 5.51. The molecule has 0 aliphatic heterocycles. The van der Waals surface area contributed by atoms with Crippen LogP contribution >= 0.6 is 0 Å². The molecule has 62 heavy (non-hydrogen) atoms. The fourth-order valence-corrected chi connectivity index (χ4v) is 9.97. The molecule has 288 valence electrons. The maximum atomic E-state index is 2.43. The first-order valence-corrected chi connectivity index (χ1v) is 21.4. The lowest BCUT2D eigenvalue weighted by Gasteiger charge is -2.10. The van der Waals surface area contributed by atoms with Gasteiger partial charge in [0.1, 0.15) is 0 Å². The van der Waals surface area contributed by atoms with E-state index < -0.39 is 0 Å². The second-order valence-electron chi connectivity index (χ2n) is 16.6. The molecular weight excluding hydrogens is 749 g/mol. The van der Waals surface area contributed by atoms with Crippen LogP contribution < -0.4 is 0 Å². The summed E-state index contributed by atoms with van der Waals surface area (Å²) in [6.07, 6.45) is 0. The smallest absolute Gasteiger partial charge is 0.0541 e. The monoisotopic (exact) mass is 786 g/mol. The average Bonchev–Trinajstić information content (AvgIpc) is 3.86. The van der Waals surface area contributed by atoms with Gasteiger partial charge in [0.15, 0.2) is 0 Å². The van der Waals surface area contributed by atoms with Crippen LogP contribution in [0.4, 0.5) is 0 Å². The zero-order valence-corrected chi connectivity index (χ0v) is 33.8. The van der Waals surface area contributed by atoms with Crippen LogP contribution in [-0.2, 0) is 0 Å². The van der Waals surface area contributed by atoms with Gasteiger partial charge in [-0.2, -0.15) is 0 Å². The first kappa shape index (κ1) is 34.6. The van der Waals surface area contributed by atoms with Crippen molar-refractivity contribution in [2.24, 2.45) is 0 Å². The van der Waals surface area contributed by atoms with Crippen LogP contribution in [0.1, 0.15) is 0 Å². The summed E-state index contributed by atoms with van der Waals surface area (Å²) >= 11 is 0. The molecule has 11 aromatic carbocycles. The van der Waals surface area contributed by atoms with Gasteiger partial charge >= 0.3 is 0 Å². The van der Waals surface area contributed by atoms with Crippen LogP contribution in [0.25, 0.3) is 120 Å². The van der Waals surface area contributed by atoms with Gasteiger partial charge in [-0.15, -0.1) is 0 Å². The Balaban J connectivity index is 1.16. The normalized spacial score (nSPS) is 11.9. The van der Waals surface area contributed by atoms with Gasteiger partial charge in [0.05, 0.1) is 22.1 Å². The molecule has 2 heteroatoms. The molecule has 0 aliphatic rings. The quantitative estimate of drug-likeness (QED) is 0.169. The number of aromatic nitrogens is 2. The van der Waals surface area contributed by atoms with E-state index in [0.717, 1.165) is 11.4 Å². The van der Waals surface area contributed by atoms with Crippen molar-refractivity contribution in [3.8, 4) is 22.5 Å². The summed E-state index contributed by atoms with van der Waals surface area (Å²) < 4.78 is 4.84. The number of fused-ring (bicyclic) bond motifs is 15. The summed E-state index contributed by atoms with van der Waals surface area (Å²) in [7, 11) is 0. The molecule has 14 bridgehead atoms. The number of rotatable bonds is 3. The topological polar surface area (TPSA) is 9.86 Å². The lowest BCUT2D eigenvalue weighted by molar-refractivity contribution is 1.18. The number of hydrogen-bond donors (Lipinski definition) is 0. The highest BCUT2D eigenvalue weighted by Crippen LogP contribution is 2.39. The van der Waals surface area contributed by atoms with Gasteiger partial charge < -0.3 is 9.13 Å². The molecule has 0 amide bonds. The molecule has 0 N–H and O–H groups in total. The van der Waals surface area contributed by atoms with Gasteiger partial charge in [-0.05, 0) is 156 Å². The summed E-state index contributed by atoms with van der Waals surface area (Å²) in [4.78, 5) is 0. The minimum Gasteiger partial charge on any atom is -0.309 e. The highest BCUT2D eigenvalue weighted by molar-refractivity contribution is 6.17. The molecule has 0 fully saturated rings. The highest BCUT2D eigenvalue weighted by atomic mass is 15.0. The Bertz CT molecular complexity index is 4000. The van der Waals surface area contributed by atoms with Crippen molar-refractivity contribution in [1.29, 1.82) is 0 Å². The molecule has 2 aromatic heterocycles. The van der Waals surface area contributed by atoms with Gasteiger partial charge in [-0.25, -0.2) is 0 Å². The van der Waals surface area contributed by atoms with E-state index in [-0.39, 0.29) is 0 Å². The number of benzene rings is 10. The summed E-state index contributed by atoms with van der Waals surface area (Å²) in [6.45, 7) is 0. The first-order valence-electron chi connectivity index (χ1n) is 21.4. The molecule has 0 unspecified atom stereocenters. The maximum absolute atomic E-state index is 2.43. The van der Waals surface area contributed by atoms with Gasteiger partial charge in [0.2, 0.25) is 0 Å². The van der Waals surface area contributed by atoms with Gasteiger partial charge in [0.25, 0.3) is 0 Å². The molecule has 2 heterocycles. The molecular formula is C60H38N2. The van der Waals surface area contributed by atoms with E-state index in [1.54, 1.807) is 0 Å². The minimum absolute atomic E-state index is 1.14. The standard InChI is InChI=1S/C60H38N2/c1-3-10-39(11-4-1)40-20-26-52(27-21-40)62-59-29-23-48-36-54(59)56-38-50(25-31-60(56)62)49-24-30-58-55(37-49)53-35-47(22-28-57(53)61(58)51-18-5-2-6-19-51)45-16-8-14-43(33-45)41-12-7-13-42(32-41)44-15-9-17-46(48)34-44/h1-38H. The van der Waals surface area contributed by atoms with E-state index >= 15 is 0 Å². The SMILES string of the molecule is c1ccc(-c2ccc(-n3c4ccc5cc4c4cc(ccc43)c3ccc4c(c3)c3cc(ccc3n4-c3ccccc3)c3cccc(c3)c3cccc(c3)c3cccc5c3)cc2)cc1. The van der Waals surface area contributed by atoms with Crippen molar-refractivity contribution >= 4 is 97.5 Å². The molecule has 0 spiro atoms. The van der Waals surface area contributed by atoms with Crippen LogP contribution in [0.15, 0.2) is 231 Å². The maximum Gasteiger partial charge on any atom is 0.0541 e. The van der Waals surface area contributed by atoms with Gasteiger partial charge in [0, 0.05) is 32.9 Å². The zero-order chi connectivity index (χ0) is 40.7. The Hall–Kier alpha value is -8.20.